The van der Waals surface area contributed by atoms with E-state index in [1.165, 1.54) is 9.80 Å². The zero-order valence-electron chi connectivity index (χ0n) is 32.7. The van der Waals surface area contributed by atoms with Gasteiger partial charge >= 0.3 is 6.09 Å². The lowest BCUT2D eigenvalue weighted by molar-refractivity contribution is -0.145. The van der Waals surface area contributed by atoms with E-state index in [1.54, 1.807) is 72.1 Å². The number of likely N-dealkylation sites (tertiary alicyclic amines) is 1. The normalized spacial score (nSPS) is 20.7. The van der Waals surface area contributed by atoms with E-state index in [0.29, 0.717) is 18.4 Å². The molecule has 0 bridgehead atoms. The highest BCUT2D eigenvalue weighted by Gasteiger charge is 2.57. The number of rotatable bonds is 15. The number of alkyl carbamates (subject to hydrolysis) is 1. The molecule has 53 heavy (non-hydrogen) atoms. The minimum absolute atomic E-state index is 0.0832. The van der Waals surface area contributed by atoms with Crippen LogP contribution in [-0.4, -0.2) is 115 Å². The molecule has 2 saturated heterocycles. The van der Waals surface area contributed by atoms with Gasteiger partial charge in [-0.25, -0.2) is 4.79 Å². The fraction of sp³-hybridized carbons (Fsp3) is 0.658. The van der Waals surface area contributed by atoms with Crippen LogP contribution in [0.5, 0.6) is 0 Å². The van der Waals surface area contributed by atoms with Crippen molar-refractivity contribution in [1.29, 1.82) is 0 Å². The maximum Gasteiger partial charge on any atom is 0.407 e. The van der Waals surface area contributed by atoms with Crippen molar-refractivity contribution in [3.05, 3.63) is 35.9 Å². The summed E-state index contributed by atoms with van der Waals surface area (Å²) < 4.78 is 11.5. The predicted octanol–water partition coefficient (Wildman–Crippen LogP) is 2.09. The summed E-state index contributed by atoms with van der Waals surface area (Å²) in [6, 6.07) is 4.23. The third-order valence-electron chi connectivity index (χ3n) is 9.24. The van der Waals surface area contributed by atoms with Gasteiger partial charge < -0.3 is 40.5 Å². The molecule has 2 aliphatic rings. The second-order valence-corrected chi connectivity index (χ2v) is 16.2. The molecule has 6 amide bonds. The summed E-state index contributed by atoms with van der Waals surface area (Å²) in [5.41, 5.74) is -0.791. The Kier molecular flexibility index (Phi) is 14.6. The van der Waals surface area contributed by atoms with Crippen LogP contribution in [0, 0.1) is 17.3 Å². The number of nitrogens with one attached hydrogen (secondary N) is 4. The average Bonchev–Trinajstić information content (AvgIpc) is 3.57. The second kappa shape index (κ2) is 18.0. The maximum atomic E-state index is 14.2. The SMILES string of the molecule is CCCC(NC(=O)[C@@H]1[C@H]2CC(C)(C)O[C@H]2CN1C(=O)[C@@H](NC(=O)OCC(C)C)C(C)(C)C)C(=O)C(=O)NCC(=O)N[C@H](C(=O)N(C)C)c1ccccc1. The summed E-state index contributed by atoms with van der Waals surface area (Å²) in [6.07, 6.45) is -0.231. The lowest BCUT2D eigenvalue weighted by atomic mass is 9.85. The van der Waals surface area contributed by atoms with Gasteiger partial charge in [-0.2, -0.15) is 0 Å². The summed E-state index contributed by atoms with van der Waals surface area (Å²) >= 11 is 0. The molecule has 1 unspecified atom stereocenters. The molecule has 15 nitrogen and oxygen atoms in total. The Bertz CT molecular complexity index is 1510. The van der Waals surface area contributed by atoms with Gasteiger partial charge in [0.15, 0.2) is 0 Å². The van der Waals surface area contributed by atoms with Crippen LogP contribution >= 0.6 is 0 Å². The zero-order valence-corrected chi connectivity index (χ0v) is 32.7. The van der Waals surface area contributed by atoms with E-state index < -0.39 is 89.3 Å². The van der Waals surface area contributed by atoms with E-state index >= 15 is 0 Å². The van der Waals surface area contributed by atoms with Gasteiger partial charge in [0.25, 0.3) is 5.91 Å². The minimum Gasteiger partial charge on any atom is -0.449 e. The molecule has 0 aromatic heterocycles. The van der Waals surface area contributed by atoms with Gasteiger partial charge in [0.1, 0.15) is 18.1 Å². The van der Waals surface area contributed by atoms with Crippen LogP contribution in [0.3, 0.4) is 0 Å². The summed E-state index contributed by atoms with van der Waals surface area (Å²) in [4.78, 5) is 96.2. The van der Waals surface area contributed by atoms with Gasteiger partial charge in [-0.1, -0.05) is 78.3 Å². The number of likely N-dealkylation sites (N-methyl/N-ethyl adjacent to an activating group) is 1. The highest BCUT2D eigenvalue weighted by Crippen LogP contribution is 2.43. The third kappa shape index (κ3) is 11.5. The summed E-state index contributed by atoms with van der Waals surface area (Å²) in [5.74, 6) is -4.60. The smallest absolute Gasteiger partial charge is 0.407 e. The summed E-state index contributed by atoms with van der Waals surface area (Å²) in [6.45, 7) is 14.4. The minimum atomic E-state index is -1.25. The van der Waals surface area contributed by atoms with Crippen LogP contribution in [0.4, 0.5) is 4.79 Å². The molecule has 2 fully saturated rings. The Morgan fingerprint density at radius 2 is 1.64 bits per heavy atom. The standard InChI is InChI=1S/C38H58N6O9/c1-11-15-25(30(46)33(48)39-19-27(45)41-28(34(49)43(9)10)23-16-13-12-14-17-23)40-32(47)29-24-18-38(7,8)53-26(24)20-44(29)35(50)31(37(4,5)6)42-36(51)52-21-22(2)3/h12-14,16-17,22,24-26,28-29,31H,11,15,18-21H2,1-10H3,(H,39,48)(H,40,47)(H,41,45)(H,42,51)/t24-,25?,26-,28-,29-,31+/m0/s1. The largest absolute Gasteiger partial charge is 0.449 e. The molecule has 2 aliphatic heterocycles. The average molecular weight is 743 g/mol. The Morgan fingerprint density at radius 3 is 2.21 bits per heavy atom. The first-order valence-corrected chi connectivity index (χ1v) is 18.3. The molecular formula is C38H58N6O9. The number of amides is 6. The summed E-state index contributed by atoms with van der Waals surface area (Å²) in [5, 5.41) is 10.3. The number of ketones is 1. The highest BCUT2D eigenvalue weighted by molar-refractivity contribution is 6.38. The van der Waals surface area contributed by atoms with Gasteiger partial charge in [-0.3, -0.25) is 28.8 Å². The molecule has 4 N–H and O–H groups in total. The first-order valence-electron chi connectivity index (χ1n) is 18.3. The van der Waals surface area contributed by atoms with E-state index in [-0.39, 0.29) is 31.4 Å². The molecule has 1 aromatic rings. The van der Waals surface area contributed by atoms with Crippen LogP contribution in [0.25, 0.3) is 0 Å². The third-order valence-corrected chi connectivity index (χ3v) is 9.24. The predicted molar refractivity (Wildman–Crippen MR) is 196 cm³/mol. The van der Waals surface area contributed by atoms with Crippen LogP contribution < -0.4 is 21.3 Å². The Labute approximate surface area is 312 Å². The number of hydrogen-bond donors (Lipinski definition) is 4. The van der Waals surface area contributed by atoms with E-state index in [0.717, 1.165) is 0 Å². The van der Waals surface area contributed by atoms with Crippen molar-refractivity contribution in [2.24, 2.45) is 17.3 Å². The topological polar surface area (TPSA) is 193 Å². The molecule has 0 radical (unpaired) electrons. The van der Waals surface area contributed by atoms with Gasteiger partial charge in [-0.05, 0) is 43.6 Å². The van der Waals surface area contributed by atoms with Gasteiger partial charge in [-0.15, -0.1) is 0 Å². The van der Waals surface area contributed by atoms with Crippen molar-refractivity contribution < 1.29 is 43.0 Å². The van der Waals surface area contributed by atoms with E-state index in [4.69, 9.17) is 9.47 Å². The lowest BCUT2D eigenvalue weighted by Gasteiger charge is -2.36. The van der Waals surface area contributed by atoms with E-state index in [1.807, 2.05) is 27.7 Å². The van der Waals surface area contributed by atoms with Crippen molar-refractivity contribution in [2.75, 3.05) is 33.8 Å². The first-order chi connectivity index (χ1) is 24.7. The van der Waals surface area contributed by atoms with Crippen molar-refractivity contribution in [2.45, 2.75) is 111 Å². The quantitative estimate of drug-likeness (QED) is 0.195. The monoisotopic (exact) mass is 742 g/mol. The number of fused-ring (bicyclic) bond motifs is 1. The van der Waals surface area contributed by atoms with E-state index in [9.17, 15) is 33.6 Å². The lowest BCUT2D eigenvalue weighted by Crippen LogP contribution is -2.60. The fourth-order valence-electron chi connectivity index (χ4n) is 6.67. The van der Waals surface area contributed by atoms with E-state index in [2.05, 4.69) is 21.3 Å². The number of nitrogens with zero attached hydrogens (tertiary/aromatic N) is 2. The molecule has 3 rings (SSSR count). The maximum absolute atomic E-state index is 14.2. The first kappa shape index (κ1) is 42.9. The highest BCUT2D eigenvalue weighted by atomic mass is 16.5. The molecular weight excluding hydrogens is 684 g/mol. The van der Waals surface area contributed by atoms with Crippen LogP contribution in [0.2, 0.25) is 0 Å². The Balaban J connectivity index is 1.77. The zero-order chi connectivity index (χ0) is 39.8. The molecule has 294 valence electrons. The van der Waals surface area contributed by atoms with Gasteiger partial charge in [0, 0.05) is 26.6 Å². The molecule has 0 aliphatic carbocycles. The van der Waals surface area contributed by atoms with Crippen LogP contribution in [0.15, 0.2) is 30.3 Å². The van der Waals surface area contributed by atoms with Gasteiger partial charge in [0.2, 0.25) is 29.4 Å². The molecule has 2 heterocycles. The van der Waals surface area contributed by atoms with Crippen molar-refractivity contribution >= 4 is 41.4 Å². The Hall–Kier alpha value is -4.53. The van der Waals surface area contributed by atoms with Gasteiger partial charge in [0.05, 0.1) is 30.9 Å². The second-order valence-electron chi connectivity index (χ2n) is 16.2. The fourth-order valence-corrected chi connectivity index (χ4v) is 6.67. The number of carbonyl (C=O) groups is 7. The van der Waals surface area contributed by atoms with Crippen LogP contribution in [-0.2, 0) is 38.2 Å². The molecule has 15 heteroatoms. The summed E-state index contributed by atoms with van der Waals surface area (Å²) in [7, 11) is 3.11. The molecule has 6 atom stereocenters. The number of carbonyl (C=O) groups excluding carboxylic acids is 7. The van der Waals surface area contributed by atoms with Crippen molar-refractivity contribution in [3.8, 4) is 0 Å². The molecule has 0 spiro atoms. The Morgan fingerprint density at radius 1 is 1.00 bits per heavy atom. The molecule has 1 aromatic carbocycles. The number of benzene rings is 1. The number of ether oxygens (including phenoxy) is 2. The number of Topliss-reactive ketones (excluding diaryl/α,β-unsaturated/α-hetero) is 1. The number of hydrogen-bond acceptors (Lipinski definition) is 9. The van der Waals surface area contributed by atoms with Crippen molar-refractivity contribution in [3.63, 3.8) is 0 Å². The van der Waals surface area contributed by atoms with Crippen molar-refractivity contribution in [1.82, 2.24) is 31.1 Å². The molecule has 0 saturated carbocycles. The van der Waals surface area contributed by atoms with Crippen LogP contribution in [0.1, 0.15) is 86.3 Å².